The standard InChI is InChI=1S/C13H16N2O3/c1-9(16)10-3-2-4-11(7-10)15-12(8-14)5-6-18-13(15)17/h2-4,7,12H,5-6,8,14H2,1H3. The van der Waals surface area contributed by atoms with Crippen LogP contribution in [0.2, 0.25) is 0 Å². The Morgan fingerprint density at radius 1 is 1.56 bits per heavy atom. The van der Waals surface area contributed by atoms with Crippen molar-refractivity contribution in [2.24, 2.45) is 5.73 Å². The van der Waals surface area contributed by atoms with E-state index < -0.39 is 6.09 Å². The molecule has 96 valence electrons. The van der Waals surface area contributed by atoms with E-state index in [0.717, 1.165) is 0 Å². The summed E-state index contributed by atoms with van der Waals surface area (Å²) in [6.07, 6.45) is 0.296. The fourth-order valence-corrected chi connectivity index (χ4v) is 2.04. The van der Waals surface area contributed by atoms with Gasteiger partial charge in [-0.15, -0.1) is 0 Å². The van der Waals surface area contributed by atoms with Gasteiger partial charge in [-0.25, -0.2) is 4.79 Å². The number of hydrogen-bond donors (Lipinski definition) is 1. The number of amides is 1. The molecule has 0 radical (unpaired) electrons. The third-order valence-electron chi connectivity index (χ3n) is 3.04. The molecule has 1 aromatic carbocycles. The molecule has 1 unspecified atom stereocenters. The van der Waals surface area contributed by atoms with Gasteiger partial charge in [0.1, 0.15) is 0 Å². The van der Waals surface area contributed by atoms with Crippen LogP contribution in [0.15, 0.2) is 24.3 Å². The van der Waals surface area contributed by atoms with E-state index in [1.165, 1.54) is 11.8 Å². The summed E-state index contributed by atoms with van der Waals surface area (Å²) < 4.78 is 5.02. The van der Waals surface area contributed by atoms with Gasteiger partial charge in [0.15, 0.2) is 5.78 Å². The van der Waals surface area contributed by atoms with Gasteiger partial charge in [-0.3, -0.25) is 9.69 Å². The molecule has 0 aromatic heterocycles. The smallest absolute Gasteiger partial charge is 0.414 e. The number of carbonyl (C=O) groups excluding carboxylic acids is 2. The average Bonchev–Trinajstić information content (AvgIpc) is 2.38. The summed E-state index contributed by atoms with van der Waals surface area (Å²) in [5.41, 5.74) is 6.90. The lowest BCUT2D eigenvalue weighted by Crippen LogP contribution is -2.49. The van der Waals surface area contributed by atoms with E-state index in [-0.39, 0.29) is 11.8 Å². The second kappa shape index (κ2) is 5.18. The molecule has 0 saturated carbocycles. The molecule has 1 aromatic rings. The molecular formula is C13H16N2O3. The Balaban J connectivity index is 2.35. The molecule has 0 bridgehead atoms. The Morgan fingerprint density at radius 2 is 2.33 bits per heavy atom. The van der Waals surface area contributed by atoms with Crippen LogP contribution in [0, 0.1) is 0 Å². The molecule has 1 aliphatic heterocycles. The number of nitrogens with two attached hydrogens (primary N) is 1. The molecular weight excluding hydrogens is 232 g/mol. The first kappa shape index (κ1) is 12.6. The topological polar surface area (TPSA) is 72.6 Å². The van der Waals surface area contributed by atoms with Crippen LogP contribution >= 0.6 is 0 Å². The largest absolute Gasteiger partial charge is 0.449 e. The molecule has 5 heteroatoms. The van der Waals surface area contributed by atoms with Gasteiger partial charge in [0.25, 0.3) is 0 Å². The molecule has 1 atom stereocenters. The van der Waals surface area contributed by atoms with Crippen molar-refractivity contribution >= 4 is 17.6 Å². The number of anilines is 1. The summed E-state index contributed by atoms with van der Waals surface area (Å²) in [4.78, 5) is 24.7. The van der Waals surface area contributed by atoms with E-state index >= 15 is 0 Å². The van der Waals surface area contributed by atoms with Crippen molar-refractivity contribution in [1.82, 2.24) is 0 Å². The van der Waals surface area contributed by atoms with Crippen LogP contribution < -0.4 is 10.6 Å². The minimum atomic E-state index is -0.405. The van der Waals surface area contributed by atoms with Crippen LogP contribution in [0.1, 0.15) is 23.7 Å². The zero-order valence-electron chi connectivity index (χ0n) is 10.3. The van der Waals surface area contributed by atoms with Crippen LogP contribution in [0.3, 0.4) is 0 Å². The normalized spacial score (nSPS) is 19.6. The van der Waals surface area contributed by atoms with Gasteiger partial charge in [-0.2, -0.15) is 0 Å². The quantitative estimate of drug-likeness (QED) is 0.824. The monoisotopic (exact) mass is 248 g/mol. The number of rotatable bonds is 3. The maximum atomic E-state index is 11.8. The SMILES string of the molecule is CC(=O)c1cccc(N2C(=O)OCCC2CN)c1. The van der Waals surface area contributed by atoms with Crippen molar-refractivity contribution in [3.05, 3.63) is 29.8 Å². The number of benzene rings is 1. The Morgan fingerprint density at radius 3 is 3.00 bits per heavy atom. The van der Waals surface area contributed by atoms with E-state index in [9.17, 15) is 9.59 Å². The van der Waals surface area contributed by atoms with Gasteiger partial charge in [-0.05, 0) is 19.1 Å². The summed E-state index contributed by atoms with van der Waals surface area (Å²) >= 11 is 0. The zero-order valence-corrected chi connectivity index (χ0v) is 10.3. The van der Waals surface area contributed by atoms with Gasteiger partial charge in [0, 0.05) is 24.2 Å². The minimum absolute atomic E-state index is 0.0356. The molecule has 2 N–H and O–H groups in total. The molecule has 1 amide bonds. The maximum absolute atomic E-state index is 11.8. The summed E-state index contributed by atoms with van der Waals surface area (Å²) in [6.45, 7) is 2.26. The molecule has 1 fully saturated rings. The highest BCUT2D eigenvalue weighted by atomic mass is 16.6. The summed E-state index contributed by atoms with van der Waals surface area (Å²) in [5.74, 6) is -0.0356. The van der Waals surface area contributed by atoms with Gasteiger partial charge in [-0.1, -0.05) is 12.1 Å². The molecule has 0 spiro atoms. The molecule has 0 aliphatic carbocycles. The lowest BCUT2D eigenvalue weighted by atomic mass is 10.1. The predicted octanol–water partition coefficient (Wildman–Crippen LogP) is 1.56. The lowest BCUT2D eigenvalue weighted by molar-refractivity contribution is 0.101. The van der Waals surface area contributed by atoms with Crippen LogP contribution in [0.4, 0.5) is 10.5 Å². The van der Waals surface area contributed by atoms with Crippen molar-refractivity contribution in [1.29, 1.82) is 0 Å². The van der Waals surface area contributed by atoms with Crippen molar-refractivity contribution in [2.75, 3.05) is 18.1 Å². The van der Waals surface area contributed by atoms with Gasteiger partial charge in [0.05, 0.1) is 12.6 Å². The van der Waals surface area contributed by atoms with E-state index in [4.69, 9.17) is 10.5 Å². The average molecular weight is 248 g/mol. The van der Waals surface area contributed by atoms with Gasteiger partial charge < -0.3 is 10.5 Å². The number of nitrogens with zero attached hydrogens (tertiary/aromatic N) is 1. The highest BCUT2D eigenvalue weighted by Crippen LogP contribution is 2.24. The Bertz CT molecular complexity index is 473. The first-order valence-corrected chi connectivity index (χ1v) is 5.90. The van der Waals surface area contributed by atoms with Crippen molar-refractivity contribution in [2.45, 2.75) is 19.4 Å². The Kier molecular flexibility index (Phi) is 3.62. The number of Topliss-reactive ketones (excluding diaryl/α,β-unsaturated/α-hetero) is 1. The highest BCUT2D eigenvalue weighted by Gasteiger charge is 2.30. The summed E-state index contributed by atoms with van der Waals surface area (Å²) in [5, 5.41) is 0. The zero-order chi connectivity index (χ0) is 13.1. The number of carbonyl (C=O) groups is 2. The predicted molar refractivity (Wildman–Crippen MR) is 67.7 cm³/mol. The van der Waals surface area contributed by atoms with E-state index in [2.05, 4.69) is 0 Å². The number of ether oxygens (including phenoxy) is 1. The van der Waals surface area contributed by atoms with E-state index in [1.807, 2.05) is 0 Å². The van der Waals surface area contributed by atoms with Crippen molar-refractivity contribution in [3.8, 4) is 0 Å². The second-order valence-electron chi connectivity index (χ2n) is 4.27. The summed E-state index contributed by atoms with van der Waals surface area (Å²) in [6, 6.07) is 6.87. The van der Waals surface area contributed by atoms with Gasteiger partial charge in [0.2, 0.25) is 0 Å². The molecule has 5 nitrogen and oxygen atoms in total. The Labute approximate surface area is 106 Å². The van der Waals surface area contributed by atoms with Crippen LogP contribution in [0.5, 0.6) is 0 Å². The fourth-order valence-electron chi connectivity index (χ4n) is 2.04. The number of ketones is 1. The molecule has 1 heterocycles. The number of hydrogen-bond acceptors (Lipinski definition) is 4. The maximum Gasteiger partial charge on any atom is 0.414 e. The minimum Gasteiger partial charge on any atom is -0.449 e. The van der Waals surface area contributed by atoms with Gasteiger partial charge >= 0.3 is 6.09 Å². The van der Waals surface area contributed by atoms with Crippen molar-refractivity contribution < 1.29 is 14.3 Å². The Hall–Kier alpha value is -1.88. The van der Waals surface area contributed by atoms with Crippen LogP contribution in [-0.4, -0.2) is 31.1 Å². The lowest BCUT2D eigenvalue weighted by Gasteiger charge is -2.34. The summed E-state index contributed by atoms with van der Waals surface area (Å²) in [7, 11) is 0. The third kappa shape index (κ3) is 2.36. The van der Waals surface area contributed by atoms with E-state index in [1.54, 1.807) is 24.3 Å². The van der Waals surface area contributed by atoms with Crippen molar-refractivity contribution in [3.63, 3.8) is 0 Å². The first-order chi connectivity index (χ1) is 8.63. The number of cyclic esters (lactones) is 1. The second-order valence-corrected chi connectivity index (χ2v) is 4.27. The van der Waals surface area contributed by atoms with Crippen LogP contribution in [0.25, 0.3) is 0 Å². The first-order valence-electron chi connectivity index (χ1n) is 5.90. The molecule has 1 aliphatic rings. The molecule has 18 heavy (non-hydrogen) atoms. The highest BCUT2D eigenvalue weighted by molar-refractivity contribution is 5.96. The van der Waals surface area contributed by atoms with E-state index in [0.29, 0.717) is 30.8 Å². The van der Waals surface area contributed by atoms with Crippen LogP contribution in [-0.2, 0) is 4.74 Å². The molecule has 2 rings (SSSR count). The third-order valence-corrected chi connectivity index (χ3v) is 3.04. The molecule has 1 saturated heterocycles. The fraction of sp³-hybridized carbons (Fsp3) is 0.385.